The van der Waals surface area contributed by atoms with E-state index in [1.807, 2.05) is 18.2 Å². The van der Waals surface area contributed by atoms with E-state index in [1.54, 1.807) is 0 Å². The van der Waals surface area contributed by atoms with Crippen LogP contribution in [0.25, 0.3) is 0 Å². The molecule has 0 spiro atoms. The Morgan fingerprint density at radius 2 is 2.00 bits per heavy atom. The van der Waals surface area contributed by atoms with Crippen molar-refractivity contribution >= 4 is 23.2 Å². The molecule has 1 aromatic carbocycles. The van der Waals surface area contributed by atoms with Crippen LogP contribution in [0, 0.1) is 5.92 Å². The number of allylic oxidation sites excluding steroid dienone is 1. The lowest BCUT2D eigenvalue weighted by Crippen LogP contribution is -2.30. The molecule has 0 atom stereocenters. The van der Waals surface area contributed by atoms with Crippen molar-refractivity contribution in [2.45, 2.75) is 20.4 Å². The van der Waals surface area contributed by atoms with Gasteiger partial charge in [-0.15, -0.1) is 0 Å². The Labute approximate surface area is 119 Å². The van der Waals surface area contributed by atoms with Crippen molar-refractivity contribution in [3.8, 4) is 0 Å². The average molecular weight is 287 g/mol. The van der Waals surface area contributed by atoms with Gasteiger partial charge in [-0.3, -0.25) is 0 Å². The van der Waals surface area contributed by atoms with Crippen LogP contribution in [-0.2, 0) is 6.54 Å². The largest absolute Gasteiger partial charge is 0.369 e. The van der Waals surface area contributed by atoms with Crippen molar-refractivity contribution in [2.75, 3.05) is 13.1 Å². The van der Waals surface area contributed by atoms with Crippen LogP contribution in [0.4, 0.5) is 0 Å². The molecule has 18 heavy (non-hydrogen) atoms. The van der Waals surface area contributed by atoms with Crippen molar-refractivity contribution in [2.24, 2.45) is 11.7 Å². The fourth-order valence-electron chi connectivity index (χ4n) is 1.70. The molecule has 1 aromatic rings. The molecule has 0 fully saturated rings. The summed E-state index contributed by atoms with van der Waals surface area (Å²) >= 11 is 11.9. The zero-order valence-electron chi connectivity index (χ0n) is 10.9. The second kappa shape index (κ2) is 7.03. The number of benzene rings is 1. The van der Waals surface area contributed by atoms with E-state index in [0.717, 1.165) is 24.4 Å². The molecule has 0 saturated heterocycles. The Morgan fingerprint density at radius 1 is 1.33 bits per heavy atom. The third-order valence-electron chi connectivity index (χ3n) is 2.83. The normalized spacial score (nSPS) is 10.8. The average Bonchev–Trinajstić information content (AvgIpc) is 2.32. The predicted molar refractivity (Wildman–Crippen MR) is 79.9 cm³/mol. The first-order valence-corrected chi connectivity index (χ1v) is 6.79. The second-order valence-electron chi connectivity index (χ2n) is 4.60. The zero-order valence-corrected chi connectivity index (χ0v) is 12.4. The molecule has 0 radical (unpaired) electrons. The van der Waals surface area contributed by atoms with Crippen LogP contribution in [0.15, 0.2) is 30.5 Å². The fraction of sp³-hybridized carbons (Fsp3) is 0.429. The van der Waals surface area contributed by atoms with Crippen molar-refractivity contribution in [1.82, 2.24) is 4.90 Å². The van der Waals surface area contributed by atoms with E-state index in [4.69, 9.17) is 28.9 Å². The van der Waals surface area contributed by atoms with Crippen LogP contribution in [-0.4, -0.2) is 18.0 Å². The number of hydrogen-bond donors (Lipinski definition) is 1. The number of rotatable bonds is 6. The van der Waals surface area contributed by atoms with Gasteiger partial charge in [-0.05, 0) is 23.6 Å². The van der Waals surface area contributed by atoms with Crippen molar-refractivity contribution in [3.63, 3.8) is 0 Å². The summed E-state index contributed by atoms with van der Waals surface area (Å²) in [5.41, 5.74) is 7.85. The van der Waals surface area contributed by atoms with Gasteiger partial charge in [-0.25, -0.2) is 0 Å². The van der Waals surface area contributed by atoms with Gasteiger partial charge in [0.15, 0.2) is 0 Å². The lowest BCUT2D eigenvalue weighted by Gasteiger charge is -2.28. The number of hydrogen-bond acceptors (Lipinski definition) is 2. The summed E-state index contributed by atoms with van der Waals surface area (Å²) in [6.07, 6.45) is 0. The summed E-state index contributed by atoms with van der Waals surface area (Å²) in [7, 11) is 0. The highest BCUT2D eigenvalue weighted by molar-refractivity contribution is 6.42. The van der Waals surface area contributed by atoms with E-state index < -0.39 is 0 Å². The van der Waals surface area contributed by atoms with E-state index in [1.165, 1.54) is 0 Å². The number of nitrogens with zero attached hydrogens (tertiary/aromatic N) is 1. The SMILES string of the molecule is C=C(C(C)C)N(CCN)Cc1ccc(Cl)c(Cl)c1. The molecule has 0 aliphatic heterocycles. The van der Waals surface area contributed by atoms with Gasteiger partial charge < -0.3 is 10.6 Å². The Bertz CT molecular complexity index is 416. The van der Waals surface area contributed by atoms with Crippen LogP contribution >= 0.6 is 23.2 Å². The minimum Gasteiger partial charge on any atom is -0.369 e. The summed E-state index contributed by atoms with van der Waals surface area (Å²) in [6.45, 7) is 10.5. The molecular formula is C14H20Cl2N2. The molecule has 0 aliphatic carbocycles. The van der Waals surface area contributed by atoms with E-state index in [9.17, 15) is 0 Å². The maximum absolute atomic E-state index is 6.02. The van der Waals surface area contributed by atoms with Gasteiger partial charge in [0.05, 0.1) is 10.0 Å². The van der Waals surface area contributed by atoms with E-state index in [0.29, 0.717) is 22.5 Å². The van der Waals surface area contributed by atoms with Crippen molar-refractivity contribution in [1.29, 1.82) is 0 Å². The molecule has 0 heterocycles. The Balaban J connectivity index is 2.82. The minimum absolute atomic E-state index is 0.402. The van der Waals surface area contributed by atoms with Gasteiger partial charge in [-0.1, -0.05) is 49.7 Å². The van der Waals surface area contributed by atoms with E-state index in [-0.39, 0.29) is 0 Å². The Hall–Kier alpha value is -0.700. The van der Waals surface area contributed by atoms with Gasteiger partial charge in [0.2, 0.25) is 0 Å². The standard InChI is InChI=1S/C14H20Cl2N2/c1-10(2)11(3)18(7-6-17)9-12-4-5-13(15)14(16)8-12/h4-5,8,10H,3,6-7,9,17H2,1-2H3. The molecule has 4 heteroatoms. The van der Waals surface area contributed by atoms with Gasteiger partial charge >= 0.3 is 0 Å². The summed E-state index contributed by atoms with van der Waals surface area (Å²) in [5.74, 6) is 0.402. The molecule has 0 bridgehead atoms. The van der Waals surface area contributed by atoms with Crippen LogP contribution < -0.4 is 5.73 Å². The predicted octanol–water partition coefficient (Wildman–Crippen LogP) is 3.92. The van der Waals surface area contributed by atoms with Crippen molar-refractivity contribution in [3.05, 3.63) is 46.1 Å². The number of halogens is 2. The molecule has 0 aliphatic rings. The maximum atomic E-state index is 6.02. The monoisotopic (exact) mass is 286 g/mol. The zero-order chi connectivity index (χ0) is 13.7. The highest BCUT2D eigenvalue weighted by Crippen LogP contribution is 2.24. The molecular weight excluding hydrogens is 267 g/mol. The summed E-state index contributed by atoms with van der Waals surface area (Å²) in [4.78, 5) is 2.18. The van der Waals surface area contributed by atoms with Gasteiger partial charge in [0, 0.05) is 25.3 Å². The third kappa shape index (κ3) is 4.20. The second-order valence-corrected chi connectivity index (χ2v) is 5.42. The minimum atomic E-state index is 0.402. The van der Waals surface area contributed by atoms with Crippen LogP contribution in [0.3, 0.4) is 0 Å². The molecule has 2 N–H and O–H groups in total. The molecule has 0 unspecified atom stereocenters. The molecule has 0 saturated carbocycles. The lowest BCUT2D eigenvalue weighted by atomic mass is 10.1. The molecule has 0 amide bonds. The summed E-state index contributed by atoms with van der Waals surface area (Å²) < 4.78 is 0. The van der Waals surface area contributed by atoms with Gasteiger partial charge in [0.25, 0.3) is 0 Å². The summed E-state index contributed by atoms with van der Waals surface area (Å²) in [6, 6.07) is 5.68. The first-order valence-electron chi connectivity index (χ1n) is 6.03. The molecule has 100 valence electrons. The molecule has 1 rings (SSSR count). The first-order chi connectivity index (χ1) is 8.45. The fourth-order valence-corrected chi connectivity index (χ4v) is 2.02. The first kappa shape index (κ1) is 15.4. The smallest absolute Gasteiger partial charge is 0.0595 e. The highest BCUT2D eigenvalue weighted by atomic mass is 35.5. The lowest BCUT2D eigenvalue weighted by molar-refractivity contribution is 0.314. The number of nitrogens with two attached hydrogens (primary N) is 1. The van der Waals surface area contributed by atoms with Crippen LogP contribution in [0.1, 0.15) is 19.4 Å². The maximum Gasteiger partial charge on any atom is 0.0595 e. The molecule has 0 aromatic heterocycles. The summed E-state index contributed by atoms with van der Waals surface area (Å²) in [5, 5.41) is 1.16. The van der Waals surface area contributed by atoms with Gasteiger partial charge in [-0.2, -0.15) is 0 Å². The van der Waals surface area contributed by atoms with Crippen molar-refractivity contribution < 1.29 is 0 Å². The van der Waals surface area contributed by atoms with E-state index >= 15 is 0 Å². The Morgan fingerprint density at radius 3 is 2.50 bits per heavy atom. The van der Waals surface area contributed by atoms with Crippen LogP contribution in [0.5, 0.6) is 0 Å². The van der Waals surface area contributed by atoms with Crippen LogP contribution in [0.2, 0.25) is 10.0 Å². The highest BCUT2D eigenvalue weighted by Gasteiger charge is 2.11. The third-order valence-corrected chi connectivity index (χ3v) is 3.57. The topological polar surface area (TPSA) is 29.3 Å². The van der Waals surface area contributed by atoms with E-state index in [2.05, 4.69) is 25.3 Å². The quantitative estimate of drug-likeness (QED) is 0.859. The Kier molecular flexibility index (Phi) is 6.00. The molecule has 2 nitrogen and oxygen atoms in total. The van der Waals surface area contributed by atoms with Gasteiger partial charge in [0.1, 0.15) is 0 Å².